The lowest BCUT2D eigenvalue weighted by Crippen LogP contribution is -2.48. The molecule has 0 atom stereocenters. The summed E-state index contributed by atoms with van der Waals surface area (Å²) in [4.78, 5) is 17.0. The van der Waals surface area contributed by atoms with E-state index in [4.69, 9.17) is 4.52 Å². The van der Waals surface area contributed by atoms with Crippen LogP contribution in [0, 0.1) is 5.82 Å². The molecular formula is C23H24FN3O2. The highest BCUT2D eigenvalue weighted by molar-refractivity contribution is 5.77. The topological polar surface area (TPSA) is 49.6 Å². The van der Waals surface area contributed by atoms with E-state index in [1.165, 1.54) is 17.7 Å². The molecular weight excluding hydrogens is 369 g/mol. The van der Waals surface area contributed by atoms with Crippen molar-refractivity contribution < 1.29 is 13.7 Å². The largest absolute Gasteiger partial charge is 0.356 e. The molecule has 1 aliphatic rings. The maximum Gasteiger partial charge on any atom is 0.222 e. The Bertz CT molecular complexity index is 932. The maximum absolute atomic E-state index is 13.1. The van der Waals surface area contributed by atoms with E-state index in [9.17, 15) is 9.18 Å². The summed E-state index contributed by atoms with van der Waals surface area (Å²) >= 11 is 0. The molecule has 150 valence electrons. The second-order valence-corrected chi connectivity index (χ2v) is 7.33. The molecule has 0 spiro atoms. The van der Waals surface area contributed by atoms with Gasteiger partial charge in [0.25, 0.3) is 0 Å². The monoisotopic (exact) mass is 393 g/mol. The van der Waals surface area contributed by atoms with Crippen molar-refractivity contribution in [3.63, 3.8) is 0 Å². The van der Waals surface area contributed by atoms with Gasteiger partial charge >= 0.3 is 0 Å². The fourth-order valence-electron chi connectivity index (χ4n) is 3.67. The zero-order chi connectivity index (χ0) is 20.1. The van der Waals surface area contributed by atoms with E-state index >= 15 is 0 Å². The zero-order valence-electron chi connectivity index (χ0n) is 16.3. The third-order valence-electron chi connectivity index (χ3n) is 5.33. The van der Waals surface area contributed by atoms with Gasteiger partial charge in [-0.25, -0.2) is 4.39 Å². The van der Waals surface area contributed by atoms with Gasteiger partial charge in [-0.15, -0.1) is 0 Å². The third-order valence-corrected chi connectivity index (χ3v) is 5.33. The highest BCUT2D eigenvalue weighted by Crippen LogP contribution is 2.25. The molecule has 1 aromatic heterocycles. The summed E-state index contributed by atoms with van der Waals surface area (Å²) in [6.45, 7) is 4.19. The number of hydrogen-bond acceptors (Lipinski definition) is 4. The van der Waals surface area contributed by atoms with Crippen molar-refractivity contribution in [2.45, 2.75) is 19.4 Å². The van der Waals surface area contributed by atoms with Crippen LogP contribution in [0.15, 0.2) is 65.3 Å². The molecule has 0 unspecified atom stereocenters. The summed E-state index contributed by atoms with van der Waals surface area (Å²) in [6.07, 6.45) is 2.61. The Morgan fingerprint density at radius 2 is 1.72 bits per heavy atom. The summed E-state index contributed by atoms with van der Waals surface area (Å²) in [7, 11) is 0. The van der Waals surface area contributed by atoms with Gasteiger partial charge in [-0.2, -0.15) is 0 Å². The van der Waals surface area contributed by atoms with E-state index < -0.39 is 0 Å². The molecule has 0 N–H and O–H groups in total. The smallest absolute Gasteiger partial charge is 0.222 e. The third kappa shape index (κ3) is 4.90. The van der Waals surface area contributed by atoms with Crippen LogP contribution in [-0.2, 0) is 17.8 Å². The van der Waals surface area contributed by atoms with Gasteiger partial charge in [0.1, 0.15) is 5.82 Å². The number of carbonyl (C=O) groups is 1. The van der Waals surface area contributed by atoms with Crippen LogP contribution in [0.5, 0.6) is 0 Å². The Hall–Kier alpha value is -2.99. The van der Waals surface area contributed by atoms with Crippen LogP contribution in [0.3, 0.4) is 0 Å². The molecule has 3 aromatic rings. The van der Waals surface area contributed by atoms with Crippen LogP contribution in [0.4, 0.5) is 4.39 Å². The van der Waals surface area contributed by atoms with E-state index in [1.54, 1.807) is 18.3 Å². The van der Waals surface area contributed by atoms with Crippen LogP contribution in [0.2, 0.25) is 0 Å². The molecule has 0 radical (unpaired) electrons. The molecule has 5 nitrogen and oxygen atoms in total. The molecule has 2 heterocycles. The van der Waals surface area contributed by atoms with Crippen molar-refractivity contribution in [1.82, 2.24) is 15.0 Å². The minimum atomic E-state index is -0.295. The first-order chi connectivity index (χ1) is 14.2. The Morgan fingerprint density at radius 1 is 1.00 bits per heavy atom. The van der Waals surface area contributed by atoms with Gasteiger partial charge < -0.3 is 9.42 Å². The number of aromatic nitrogens is 1. The van der Waals surface area contributed by atoms with Crippen LogP contribution in [0.25, 0.3) is 11.3 Å². The first-order valence-corrected chi connectivity index (χ1v) is 9.92. The van der Waals surface area contributed by atoms with Gasteiger partial charge in [0, 0.05) is 50.3 Å². The molecule has 6 heteroatoms. The molecule has 1 saturated heterocycles. The van der Waals surface area contributed by atoms with E-state index in [-0.39, 0.29) is 11.7 Å². The van der Waals surface area contributed by atoms with Crippen molar-refractivity contribution in [2.75, 3.05) is 26.2 Å². The summed E-state index contributed by atoms with van der Waals surface area (Å²) < 4.78 is 18.5. The fraction of sp³-hybridized carbons (Fsp3) is 0.304. The van der Waals surface area contributed by atoms with Crippen LogP contribution >= 0.6 is 0 Å². The van der Waals surface area contributed by atoms with Gasteiger partial charge in [0.2, 0.25) is 5.91 Å². The molecule has 0 aliphatic carbocycles. The average molecular weight is 393 g/mol. The Labute approximate surface area is 169 Å². The molecule has 29 heavy (non-hydrogen) atoms. The first-order valence-electron chi connectivity index (χ1n) is 9.92. The number of carbonyl (C=O) groups excluding carboxylic acids is 1. The second-order valence-electron chi connectivity index (χ2n) is 7.33. The number of halogens is 1. The zero-order valence-corrected chi connectivity index (χ0v) is 16.3. The quantitative estimate of drug-likeness (QED) is 0.640. The average Bonchev–Trinajstić information content (AvgIpc) is 3.22. The highest BCUT2D eigenvalue weighted by Gasteiger charge is 2.21. The standard InChI is InChI=1S/C23H24FN3O2/c24-21-9-6-19(7-10-21)23-20(16-25-29-23)8-11-22(28)27-14-12-26(13-15-27)17-18-4-2-1-3-5-18/h1-7,9-10,16H,8,11-15,17H2. The van der Waals surface area contributed by atoms with Crippen molar-refractivity contribution in [1.29, 1.82) is 0 Å². The molecule has 1 amide bonds. The fourth-order valence-corrected chi connectivity index (χ4v) is 3.67. The number of nitrogens with zero attached hydrogens (tertiary/aromatic N) is 3. The highest BCUT2D eigenvalue weighted by atomic mass is 19.1. The van der Waals surface area contributed by atoms with Crippen molar-refractivity contribution in [3.8, 4) is 11.3 Å². The molecule has 1 fully saturated rings. The van der Waals surface area contributed by atoms with Crippen LogP contribution in [0.1, 0.15) is 17.5 Å². The first kappa shape index (κ1) is 19.3. The summed E-state index contributed by atoms with van der Waals surface area (Å²) in [5.74, 6) is 0.456. The number of amides is 1. The van der Waals surface area contributed by atoms with E-state index in [1.807, 2.05) is 11.0 Å². The maximum atomic E-state index is 13.1. The van der Waals surface area contributed by atoms with Gasteiger partial charge in [-0.1, -0.05) is 35.5 Å². The van der Waals surface area contributed by atoms with Crippen LogP contribution < -0.4 is 0 Å². The number of piperazine rings is 1. The predicted molar refractivity (Wildman–Crippen MR) is 109 cm³/mol. The lowest BCUT2D eigenvalue weighted by Gasteiger charge is -2.34. The van der Waals surface area contributed by atoms with E-state index in [0.29, 0.717) is 18.6 Å². The molecule has 2 aromatic carbocycles. The van der Waals surface area contributed by atoms with Crippen molar-refractivity contribution >= 4 is 5.91 Å². The lowest BCUT2D eigenvalue weighted by atomic mass is 10.0. The summed E-state index contributed by atoms with van der Waals surface area (Å²) in [5.41, 5.74) is 2.93. The Morgan fingerprint density at radius 3 is 2.45 bits per heavy atom. The number of benzene rings is 2. The number of rotatable bonds is 6. The van der Waals surface area contributed by atoms with Crippen molar-refractivity contribution in [2.24, 2.45) is 0 Å². The van der Waals surface area contributed by atoms with E-state index in [2.05, 4.69) is 34.3 Å². The molecule has 4 rings (SSSR count). The van der Waals surface area contributed by atoms with Crippen LogP contribution in [-0.4, -0.2) is 47.0 Å². The van der Waals surface area contributed by atoms with Crippen molar-refractivity contribution in [3.05, 3.63) is 77.7 Å². The van der Waals surface area contributed by atoms with E-state index in [0.717, 1.165) is 43.9 Å². The Balaban J connectivity index is 1.28. The number of aryl methyl sites for hydroxylation is 1. The second kappa shape index (κ2) is 9.01. The summed E-state index contributed by atoms with van der Waals surface area (Å²) in [6, 6.07) is 16.5. The molecule has 1 aliphatic heterocycles. The van der Waals surface area contributed by atoms with Gasteiger partial charge in [-0.05, 0) is 36.2 Å². The predicted octanol–water partition coefficient (Wildman–Crippen LogP) is 3.76. The van der Waals surface area contributed by atoms with Gasteiger partial charge in [0.05, 0.1) is 6.20 Å². The summed E-state index contributed by atoms with van der Waals surface area (Å²) in [5, 5.41) is 3.86. The minimum Gasteiger partial charge on any atom is -0.356 e. The van der Waals surface area contributed by atoms with Gasteiger partial charge in [-0.3, -0.25) is 9.69 Å². The number of hydrogen-bond donors (Lipinski definition) is 0. The van der Waals surface area contributed by atoms with Gasteiger partial charge in [0.15, 0.2) is 5.76 Å². The lowest BCUT2D eigenvalue weighted by molar-refractivity contribution is -0.132. The molecule has 0 bridgehead atoms. The Kier molecular flexibility index (Phi) is 6.00. The molecule has 0 saturated carbocycles. The normalized spacial score (nSPS) is 14.9. The minimum absolute atomic E-state index is 0.149. The SMILES string of the molecule is O=C(CCc1cnoc1-c1ccc(F)cc1)N1CCN(Cc2ccccc2)CC1.